The smallest absolute Gasteiger partial charge is 0.234 e. The molecule has 26 heavy (non-hydrogen) atoms. The van der Waals surface area contributed by atoms with Crippen LogP contribution in [-0.2, 0) is 11.3 Å². The maximum Gasteiger partial charge on any atom is 0.234 e. The summed E-state index contributed by atoms with van der Waals surface area (Å²) in [7, 11) is 3.57. The van der Waals surface area contributed by atoms with Crippen LogP contribution in [-0.4, -0.2) is 31.5 Å². The lowest BCUT2D eigenvalue weighted by molar-refractivity contribution is -0.122. The van der Waals surface area contributed by atoms with E-state index in [-0.39, 0.29) is 11.9 Å². The monoisotopic (exact) mass is 352 g/mol. The fourth-order valence-electron chi connectivity index (χ4n) is 3.00. The first-order valence-corrected chi connectivity index (χ1v) is 8.65. The number of para-hydroxylation sites is 2. The molecule has 0 radical (unpaired) electrons. The average Bonchev–Trinajstić information content (AvgIpc) is 3.06. The lowest BCUT2D eigenvalue weighted by atomic mass is 10.2. The number of carbonyl (C=O) groups excluding carboxylic acids is 1. The maximum atomic E-state index is 12.4. The molecule has 1 heterocycles. The molecule has 0 saturated heterocycles. The SMILES string of the molecule is COc1ccccc1CN(C)CC(=O)N[C@H](C)c1cc2ccccc2o1. The van der Waals surface area contributed by atoms with E-state index >= 15 is 0 Å². The van der Waals surface area contributed by atoms with Gasteiger partial charge in [0.05, 0.1) is 19.7 Å². The van der Waals surface area contributed by atoms with Gasteiger partial charge in [0.25, 0.3) is 0 Å². The lowest BCUT2D eigenvalue weighted by Gasteiger charge is -2.19. The summed E-state index contributed by atoms with van der Waals surface area (Å²) in [4.78, 5) is 14.3. The third kappa shape index (κ3) is 4.24. The third-order valence-electron chi connectivity index (χ3n) is 4.30. The van der Waals surface area contributed by atoms with Crippen LogP contribution in [0.2, 0.25) is 0 Å². The topological polar surface area (TPSA) is 54.7 Å². The van der Waals surface area contributed by atoms with Gasteiger partial charge in [-0.2, -0.15) is 0 Å². The van der Waals surface area contributed by atoms with Gasteiger partial charge in [-0.1, -0.05) is 36.4 Å². The molecular formula is C21H24N2O3. The lowest BCUT2D eigenvalue weighted by Crippen LogP contribution is -2.36. The highest BCUT2D eigenvalue weighted by atomic mass is 16.5. The molecule has 136 valence electrons. The van der Waals surface area contributed by atoms with Crippen LogP contribution in [0.25, 0.3) is 11.0 Å². The Kier molecular flexibility index (Phi) is 5.58. The van der Waals surface area contributed by atoms with Gasteiger partial charge in [-0.15, -0.1) is 0 Å². The standard InChI is InChI=1S/C21H24N2O3/c1-15(20-12-16-8-4-7-11-19(16)26-20)22-21(24)14-23(2)13-17-9-5-6-10-18(17)25-3/h4-12,15H,13-14H2,1-3H3,(H,22,24)/t15-/m1/s1. The molecule has 2 aromatic carbocycles. The molecule has 1 atom stereocenters. The van der Waals surface area contributed by atoms with Crippen molar-refractivity contribution in [1.29, 1.82) is 0 Å². The van der Waals surface area contributed by atoms with Crippen molar-refractivity contribution in [2.75, 3.05) is 20.7 Å². The van der Waals surface area contributed by atoms with Crippen molar-refractivity contribution in [2.45, 2.75) is 19.5 Å². The average molecular weight is 352 g/mol. The summed E-state index contributed by atoms with van der Waals surface area (Å²) in [6.45, 7) is 2.86. The number of nitrogens with one attached hydrogen (secondary N) is 1. The minimum atomic E-state index is -0.186. The summed E-state index contributed by atoms with van der Waals surface area (Å²) >= 11 is 0. The van der Waals surface area contributed by atoms with Crippen LogP contribution in [0.5, 0.6) is 5.75 Å². The van der Waals surface area contributed by atoms with Crippen LogP contribution < -0.4 is 10.1 Å². The zero-order valence-electron chi connectivity index (χ0n) is 15.4. The van der Waals surface area contributed by atoms with Crippen molar-refractivity contribution in [1.82, 2.24) is 10.2 Å². The van der Waals surface area contributed by atoms with Gasteiger partial charge in [0.2, 0.25) is 5.91 Å². The molecule has 5 nitrogen and oxygen atoms in total. The highest BCUT2D eigenvalue weighted by Gasteiger charge is 2.16. The molecule has 3 aromatic rings. The van der Waals surface area contributed by atoms with E-state index in [1.54, 1.807) is 7.11 Å². The molecule has 3 rings (SSSR count). The fraction of sp³-hybridized carbons (Fsp3) is 0.286. The van der Waals surface area contributed by atoms with Crippen LogP contribution in [0.4, 0.5) is 0 Å². The number of likely N-dealkylation sites (N-methyl/N-ethyl adjacent to an activating group) is 1. The summed E-state index contributed by atoms with van der Waals surface area (Å²) in [5.74, 6) is 1.54. The highest BCUT2D eigenvalue weighted by molar-refractivity contribution is 5.80. The molecule has 5 heteroatoms. The molecule has 0 bridgehead atoms. The number of ether oxygens (including phenoxy) is 1. The molecular weight excluding hydrogens is 328 g/mol. The van der Waals surface area contributed by atoms with Gasteiger partial charge >= 0.3 is 0 Å². The fourth-order valence-corrected chi connectivity index (χ4v) is 3.00. The van der Waals surface area contributed by atoms with Crippen molar-refractivity contribution in [2.24, 2.45) is 0 Å². The van der Waals surface area contributed by atoms with Crippen molar-refractivity contribution in [3.05, 3.63) is 65.9 Å². The summed E-state index contributed by atoms with van der Waals surface area (Å²) < 4.78 is 11.2. The Bertz CT molecular complexity index is 855. The Labute approximate surface area is 153 Å². The molecule has 0 aliphatic rings. The number of amides is 1. The molecule has 0 fully saturated rings. The normalized spacial score (nSPS) is 12.3. The highest BCUT2D eigenvalue weighted by Crippen LogP contribution is 2.23. The van der Waals surface area contributed by atoms with E-state index in [1.807, 2.05) is 73.5 Å². The largest absolute Gasteiger partial charge is 0.496 e. The number of fused-ring (bicyclic) bond motifs is 1. The molecule has 1 N–H and O–H groups in total. The van der Waals surface area contributed by atoms with Crippen molar-refractivity contribution in [3.63, 3.8) is 0 Å². The van der Waals surface area contributed by atoms with Crippen LogP contribution in [0.15, 0.2) is 59.0 Å². The van der Waals surface area contributed by atoms with Crippen LogP contribution >= 0.6 is 0 Å². The number of furan rings is 1. The minimum absolute atomic E-state index is 0.0460. The van der Waals surface area contributed by atoms with Gasteiger partial charge < -0.3 is 14.5 Å². The Hall–Kier alpha value is -2.79. The summed E-state index contributed by atoms with van der Waals surface area (Å²) in [5.41, 5.74) is 1.88. The first kappa shape index (κ1) is 18.0. The van der Waals surface area contributed by atoms with Gasteiger partial charge in [0.1, 0.15) is 17.1 Å². The van der Waals surface area contributed by atoms with Gasteiger partial charge in [0, 0.05) is 17.5 Å². The second-order valence-electron chi connectivity index (χ2n) is 6.46. The van der Waals surface area contributed by atoms with E-state index < -0.39 is 0 Å². The van der Waals surface area contributed by atoms with Crippen LogP contribution in [0.1, 0.15) is 24.3 Å². The van der Waals surface area contributed by atoms with Crippen LogP contribution in [0.3, 0.4) is 0 Å². The van der Waals surface area contributed by atoms with Gasteiger partial charge in [-0.05, 0) is 32.2 Å². The first-order valence-electron chi connectivity index (χ1n) is 8.65. The number of hydrogen-bond donors (Lipinski definition) is 1. The predicted molar refractivity (Wildman–Crippen MR) is 102 cm³/mol. The van der Waals surface area contributed by atoms with Crippen LogP contribution in [0, 0.1) is 0 Å². The summed E-state index contributed by atoms with van der Waals surface area (Å²) in [6.07, 6.45) is 0. The van der Waals surface area contributed by atoms with E-state index in [0.29, 0.717) is 13.1 Å². The molecule has 1 amide bonds. The second-order valence-corrected chi connectivity index (χ2v) is 6.46. The van der Waals surface area contributed by atoms with E-state index in [9.17, 15) is 4.79 Å². The Balaban J connectivity index is 1.57. The minimum Gasteiger partial charge on any atom is -0.496 e. The Morgan fingerprint density at radius 1 is 1.19 bits per heavy atom. The summed E-state index contributed by atoms with van der Waals surface area (Å²) in [6, 6.07) is 17.4. The number of methoxy groups -OCH3 is 1. The maximum absolute atomic E-state index is 12.4. The molecule has 1 aromatic heterocycles. The van der Waals surface area contributed by atoms with Crippen molar-refractivity contribution < 1.29 is 13.9 Å². The molecule has 0 saturated carbocycles. The summed E-state index contributed by atoms with van der Waals surface area (Å²) in [5, 5.41) is 4.04. The Morgan fingerprint density at radius 3 is 2.69 bits per heavy atom. The van der Waals surface area contributed by atoms with Crippen molar-refractivity contribution >= 4 is 16.9 Å². The molecule has 0 spiro atoms. The Morgan fingerprint density at radius 2 is 1.92 bits per heavy atom. The number of carbonyl (C=O) groups is 1. The first-order chi connectivity index (χ1) is 12.6. The number of rotatable bonds is 7. The predicted octanol–water partition coefficient (Wildman–Crippen LogP) is 3.75. The van der Waals surface area contributed by atoms with Crippen molar-refractivity contribution in [3.8, 4) is 5.75 Å². The zero-order chi connectivity index (χ0) is 18.5. The zero-order valence-corrected chi connectivity index (χ0v) is 15.4. The number of hydrogen-bond acceptors (Lipinski definition) is 4. The molecule has 0 aliphatic carbocycles. The van der Waals surface area contributed by atoms with E-state index in [1.165, 1.54) is 0 Å². The molecule has 0 aliphatic heterocycles. The quantitative estimate of drug-likeness (QED) is 0.704. The van der Waals surface area contributed by atoms with Gasteiger partial charge in [0.15, 0.2) is 0 Å². The number of benzene rings is 2. The van der Waals surface area contributed by atoms with E-state index in [2.05, 4.69) is 5.32 Å². The van der Waals surface area contributed by atoms with E-state index in [4.69, 9.17) is 9.15 Å². The van der Waals surface area contributed by atoms with Gasteiger partial charge in [-0.25, -0.2) is 0 Å². The number of nitrogens with zero attached hydrogens (tertiary/aromatic N) is 1. The van der Waals surface area contributed by atoms with E-state index in [0.717, 1.165) is 28.0 Å². The van der Waals surface area contributed by atoms with Gasteiger partial charge in [-0.3, -0.25) is 9.69 Å². The second kappa shape index (κ2) is 8.06. The third-order valence-corrected chi connectivity index (χ3v) is 4.30. The molecule has 0 unspecified atom stereocenters.